The molecule has 0 aliphatic rings. The van der Waals surface area contributed by atoms with Crippen LogP contribution in [-0.4, -0.2) is 12.3 Å². The molecular weight excluding hydrogens is 317 g/mol. The Labute approximate surface area is 132 Å². The molecular formula is C14H15Cl2NS2. The van der Waals surface area contributed by atoms with Crippen molar-refractivity contribution in [3.8, 4) is 0 Å². The van der Waals surface area contributed by atoms with E-state index < -0.39 is 0 Å². The van der Waals surface area contributed by atoms with Gasteiger partial charge in [0.2, 0.25) is 0 Å². The number of thioether (sulfide) groups is 1. The zero-order valence-electron chi connectivity index (χ0n) is 10.5. The molecule has 0 aliphatic carbocycles. The molecule has 0 spiro atoms. The van der Waals surface area contributed by atoms with E-state index >= 15 is 0 Å². The van der Waals surface area contributed by atoms with Gasteiger partial charge in [-0.05, 0) is 36.9 Å². The van der Waals surface area contributed by atoms with Crippen molar-refractivity contribution in [1.82, 2.24) is 5.32 Å². The van der Waals surface area contributed by atoms with E-state index in [1.54, 1.807) is 23.1 Å². The summed E-state index contributed by atoms with van der Waals surface area (Å²) in [6.07, 6.45) is 0. The van der Waals surface area contributed by atoms with E-state index in [1.165, 1.54) is 9.77 Å². The molecule has 0 aliphatic heterocycles. The van der Waals surface area contributed by atoms with E-state index in [0.29, 0.717) is 6.04 Å². The minimum atomic E-state index is 0.325. The highest BCUT2D eigenvalue weighted by molar-refractivity contribution is 7.99. The van der Waals surface area contributed by atoms with Crippen molar-refractivity contribution in [2.45, 2.75) is 17.9 Å². The minimum Gasteiger partial charge on any atom is -0.309 e. The maximum Gasteiger partial charge on any atom is 0.0931 e. The third-order valence-electron chi connectivity index (χ3n) is 2.60. The highest BCUT2D eigenvalue weighted by atomic mass is 35.5. The van der Waals surface area contributed by atoms with Crippen molar-refractivity contribution < 1.29 is 0 Å². The minimum absolute atomic E-state index is 0.325. The lowest BCUT2D eigenvalue weighted by Crippen LogP contribution is -2.21. The van der Waals surface area contributed by atoms with Crippen LogP contribution in [0, 0.1) is 0 Å². The van der Waals surface area contributed by atoms with Crippen LogP contribution in [0.5, 0.6) is 0 Å². The first-order chi connectivity index (χ1) is 9.19. The molecule has 1 heterocycles. The monoisotopic (exact) mass is 331 g/mol. The van der Waals surface area contributed by atoms with Gasteiger partial charge in [0.25, 0.3) is 0 Å². The van der Waals surface area contributed by atoms with Crippen LogP contribution in [0.3, 0.4) is 0 Å². The lowest BCUT2D eigenvalue weighted by atomic mass is 10.3. The second-order valence-electron chi connectivity index (χ2n) is 4.02. The molecule has 1 aromatic heterocycles. The van der Waals surface area contributed by atoms with Crippen LogP contribution >= 0.6 is 46.3 Å². The number of halogens is 2. The fourth-order valence-electron chi connectivity index (χ4n) is 1.74. The zero-order valence-corrected chi connectivity index (χ0v) is 13.7. The maximum absolute atomic E-state index is 6.01. The predicted octanol–water partition coefficient (Wildman–Crippen LogP) is 5.50. The topological polar surface area (TPSA) is 12.0 Å². The van der Waals surface area contributed by atoms with Gasteiger partial charge in [-0.25, -0.2) is 0 Å². The number of hydrogen-bond donors (Lipinski definition) is 1. The molecule has 0 fully saturated rings. The second kappa shape index (κ2) is 7.55. The van der Waals surface area contributed by atoms with Crippen LogP contribution < -0.4 is 5.32 Å². The number of rotatable bonds is 6. The molecule has 0 saturated heterocycles. The Balaban J connectivity index is 2.01. The average molecular weight is 332 g/mol. The highest BCUT2D eigenvalue weighted by Gasteiger charge is 2.13. The third kappa shape index (κ3) is 4.69. The van der Waals surface area contributed by atoms with E-state index in [1.807, 2.05) is 24.3 Å². The van der Waals surface area contributed by atoms with E-state index in [-0.39, 0.29) is 0 Å². The van der Waals surface area contributed by atoms with E-state index in [4.69, 9.17) is 23.2 Å². The van der Waals surface area contributed by atoms with Crippen LogP contribution in [0.1, 0.15) is 17.8 Å². The van der Waals surface area contributed by atoms with E-state index in [9.17, 15) is 0 Å². The number of nitrogens with one attached hydrogen (secondary N) is 1. The smallest absolute Gasteiger partial charge is 0.0931 e. The lowest BCUT2D eigenvalue weighted by molar-refractivity contribution is 0.615. The van der Waals surface area contributed by atoms with Gasteiger partial charge in [0.05, 0.1) is 10.4 Å². The zero-order chi connectivity index (χ0) is 13.7. The number of hydrogen-bond acceptors (Lipinski definition) is 3. The summed E-state index contributed by atoms with van der Waals surface area (Å²) < 4.78 is 0.839. The summed E-state index contributed by atoms with van der Waals surface area (Å²) in [6, 6.07) is 12.3. The first-order valence-corrected chi connectivity index (χ1v) is 8.62. The molecule has 1 N–H and O–H groups in total. The molecule has 5 heteroatoms. The van der Waals surface area contributed by atoms with Crippen LogP contribution in [0.2, 0.25) is 9.36 Å². The Morgan fingerprint density at radius 1 is 1.26 bits per heavy atom. The van der Waals surface area contributed by atoms with Crippen molar-refractivity contribution >= 4 is 46.3 Å². The molecule has 1 unspecified atom stereocenters. The number of benzene rings is 1. The van der Waals surface area contributed by atoms with Crippen molar-refractivity contribution in [2.75, 3.05) is 12.3 Å². The Kier molecular flexibility index (Phi) is 6.05. The Morgan fingerprint density at radius 2 is 2.11 bits per heavy atom. The maximum atomic E-state index is 6.01. The van der Waals surface area contributed by atoms with Crippen molar-refractivity contribution in [3.05, 3.63) is 50.6 Å². The normalized spacial score (nSPS) is 12.6. The quantitative estimate of drug-likeness (QED) is 0.701. The summed E-state index contributed by atoms with van der Waals surface area (Å²) in [6.45, 7) is 3.06. The SMILES string of the molecule is CCNC(CSc1cccc(Cl)c1)c1ccc(Cl)s1. The largest absolute Gasteiger partial charge is 0.309 e. The Morgan fingerprint density at radius 3 is 2.74 bits per heavy atom. The van der Waals surface area contributed by atoms with Crippen molar-refractivity contribution in [3.63, 3.8) is 0 Å². The summed E-state index contributed by atoms with van der Waals surface area (Å²) in [7, 11) is 0. The van der Waals surface area contributed by atoms with E-state index in [0.717, 1.165) is 21.7 Å². The van der Waals surface area contributed by atoms with Crippen molar-refractivity contribution in [2.24, 2.45) is 0 Å². The second-order valence-corrected chi connectivity index (χ2v) is 7.30. The Bertz CT molecular complexity index is 528. The fraction of sp³-hybridized carbons (Fsp3) is 0.286. The van der Waals surface area contributed by atoms with Gasteiger partial charge in [-0.1, -0.05) is 36.2 Å². The standard InChI is InChI=1S/C14H15Cl2NS2/c1-2-17-12(13-6-7-14(16)19-13)9-18-11-5-3-4-10(15)8-11/h3-8,12,17H,2,9H2,1H3. The van der Waals surface area contributed by atoms with Crippen LogP contribution in [0.15, 0.2) is 41.3 Å². The molecule has 2 rings (SSSR count). The van der Waals surface area contributed by atoms with Crippen LogP contribution in [0.4, 0.5) is 0 Å². The summed E-state index contributed by atoms with van der Waals surface area (Å²) in [5.74, 6) is 0.963. The van der Waals surface area contributed by atoms with Crippen LogP contribution in [-0.2, 0) is 0 Å². The van der Waals surface area contributed by atoms with Gasteiger partial charge < -0.3 is 5.32 Å². The fourth-order valence-corrected chi connectivity index (χ4v) is 4.28. The van der Waals surface area contributed by atoms with Gasteiger partial charge in [-0.3, -0.25) is 0 Å². The van der Waals surface area contributed by atoms with Crippen molar-refractivity contribution in [1.29, 1.82) is 0 Å². The molecule has 0 radical (unpaired) electrons. The summed E-state index contributed by atoms with van der Waals surface area (Å²) in [5, 5.41) is 4.28. The molecule has 0 bridgehead atoms. The number of thiophene rings is 1. The molecule has 19 heavy (non-hydrogen) atoms. The van der Waals surface area contributed by atoms with Gasteiger partial charge in [0.1, 0.15) is 0 Å². The molecule has 0 saturated carbocycles. The average Bonchev–Trinajstić information content (AvgIpc) is 2.81. The molecule has 0 amide bonds. The van der Waals surface area contributed by atoms with Gasteiger partial charge in [0, 0.05) is 20.5 Å². The van der Waals surface area contributed by atoms with Crippen LogP contribution in [0.25, 0.3) is 0 Å². The molecule has 1 aromatic carbocycles. The predicted molar refractivity (Wildman–Crippen MR) is 87.9 cm³/mol. The lowest BCUT2D eigenvalue weighted by Gasteiger charge is -2.16. The summed E-state index contributed by atoms with van der Waals surface area (Å²) in [5.41, 5.74) is 0. The first-order valence-electron chi connectivity index (χ1n) is 6.06. The highest BCUT2D eigenvalue weighted by Crippen LogP contribution is 2.31. The van der Waals surface area contributed by atoms with Gasteiger partial charge >= 0.3 is 0 Å². The first kappa shape index (κ1) is 15.2. The third-order valence-corrected chi connectivity index (χ3v) is 5.27. The van der Waals surface area contributed by atoms with Gasteiger partial charge in [0.15, 0.2) is 0 Å². The van der Waals surface area contributed by atoms with Gasteiger partial charge in [-0.2, -0.15) is 0 Å². The summed E-state index contributed by atoms with van der Waals surface area (Å²) >= 11 is 15.4. The summed E-state index contributed by atoms with van der Waals surface area (Å²) in [4.78, 5) is 2.47. The molecule has 2 aromatic rings. The Hall–Kier alpha value is -0.190. The van der Waals surface area contributed by atoms with E-state index in [2.05, 4.69) is 24.4 Å². The molecule has 1 atom stereocenters. The molecule has 102 valence electrons. The molecule has 1 nitrogen and oxygen atoms in total. The van der Waals surface area contributed by atoms with Gasteiger partial charge in [-0.15, -0.1) is 23.1 Å².